The fraction of sp³-hybridized carbons (Fsp3) is 0.167. The van der Waals surface area contributed by atoms with E-state index in [0.29, 0.717) is 15.1 Å². The van der Waals surface area contributed by atoms with Gasteiger partial charge in [-0.3, -0.25) is 0 Å². The van der Waals surface area contributed by atoms with E-state index in [1.807, 2.05) is 32.1 Å². The molecule has 5 heteroatoms. The lowest BCUT2D eigenvalue weighted by molar-refractivity contribution is 0.467. The molecule has 0 saturated carbocycles. The summed E-state index contributed by atoms with van der Waals surface area (Å²) in [5.74, 6) is 0.349. The van der Waals surface area contributed by atoms with Crippen LogP contribution < -0.4 is 5.32 Å². The number of benzene rings is 1. The molecule has 1 saturated heterocycles. The van der Waals surface area contributed by atoms with E-state index >= 15 is 0 Å². The van der Waals surface area contributed by atoms with Crippen molar-refractivity contribution in [2.45, 2.75) is 13.8 Å². The lowest BCUT2D eigenvalue weighted by Gasteiger charge is -2.05. The van der Waals surface area contributed by atoms with Crippen LogP contribution in [0.3, 0.4) is 0 Å². The van der Waals surface area contributed by atoms with Crippen LogP contribution in [0.4, 0.5) is 0 Å². The number of phenols is 1. The first-order valence-electron chi connectivity index (χ1n) is 5.02. The van der Waals surface area contributed by atoms with Crippen molar-refractivity contribution in [3.8, 4) is 5.75 Å². The molecule has 0 atom stereocenters. The van der Waals surface area contributed by atoms with Crippen molar-refractivity contribution in [1.82, 2.24) is 5.32 Å². The molecular formula is C12H11NOS3. The molecule has 0 spiro atoms. The van der Waals surface area contributed by atoms with E-state index in [4.69, 9.17) is 24.4 Å². The van der Waals surface area contributed by atoms with Gasteiger partial charge < -0.3 is 10.4 Å². The highest BCUT2D eigenvalue weighted by molar-refractivity contribution is 8.27. The molecule has 1 aliphatic rings. The van der Waals surface area contributed by atoms with Gasteiger partial charge in [0.15, 0.2) is 0 Å². The monoisotopic (exact) mass is 281 g/mol. The number of aryl methyl sites for hydroxylation is 2. The van der Waals surface area contributed by atoms with Gasteiger partial charge in [-0.15, -0.1) is 0 Å². The summed E-state index contributed by atoms with van der Waals surface area (Å²) in [4.78, 5) is 1.62. The van der Waals surface area contributed by atoms with Gasteiger partial charge in [-0.25, -0.2) is 0 Å². The van der Waals surface area contributed by atoms with Crippen LogP contribution in [-0.4, -0.2) is 14.4 Å². The molecule has 0 bridgehead atoms. The van der Waals surface area contributed by atoms with Crippen molar-refractivity contribution >= 4 is 51.6 Å². The SMILES string of the molecule is Cc1cc(/C=C2\SC(=S)NC2=S)cc(C)c1O. The van der Waals surface area contributed by atoms with Crippen molar-refractivity contribution in [1.29, 1.82) is 0 Å². The second-order valence-electron chi connectivity index (χ2n) is 3.86. The van der Waals surface area contributed by atoms with Crippen LogP contribution in [0.1, 0.15) is 16.7 Å². The first-order chi connectivity index (χ1) is 7.97. The lowest BCUT2D eigenvalue weighted by atomic mass is 10.1. The summed E-state index contributed by atoms with van der Waals surface area (Å²) >= 11 is 11.7. The zero-order valence-electron chi connectivity index (χ0n) is 9.40. The third-order valence-electron chi connectivity index (χ3n) is 2.45. The van der Waals surface area contributed by atoms with Crippen LogP contribution in [0, 0.1) is 13.8 Å². The smallest absolute Gasteiger partial charge is 0.143 e. The summed E-state index contributed by atoms with van der Waals surface area (Å²) < 4.78 is 0.688. The maximum absolute atomic E-state index is 9.70. The highest BCUT2D eigenvalue weighted by Crippen LogP contribution is 2.29. The Morgan fingerprint density at radius 1 is 1.24 bits per heavy atom. The Hall–Kier alpha value is -0.910. The predicted octanol–water partition coefficient (Wildman–Crippen LogP) is 3.30. The average molecular weight is 281 g/mol. The molecule has 17 heavy (non-hydrogen) atoms. The summed E-state index contributed by atoms with van der Waals surface area (Å²) in [6, 6.07) is 3.86. The van der Waals surface area contributed by atoms with Crippen LogP contribution in [0.25, 0.3) is 6.08 Å². The second-order valence-corrected chi connectivity index (χ2v) is 5.98. The molecule has 0 aliphatic carbocycles. The van der Waals surface area contributed by atoms with Gasteiger partial charge in [-0.2, -0.15) is 0 Å². The Balaban J connectivity index is 2.40. The van der Waals surface area contributed by atoms with Crippen molar-refractivity contribution in [2.24, 2.45) is 0 Å². The first kappa shape index (κ1) is 12.5. The first-order valence-corrected chi connectivity index (χ1v) is 6.66. The van der Waals surface area contributed by atoms with E-state index in [9.17, 15) is 5.11 Å². The quantitative estimate of drug-likeness (QED) is 0.609. The molecule has 1 aliphatic heterocycles. The topological polar surface area (TPSA) is 32.3 Å². The number of phenolic OH excluding ortho intramolecular Hbond substituents is 1. The third-order valence-corrected chi connectivity index (χ3v) is 4.09. The van der Waals surface area contributed by atoms with Crippen LogP contribution >= 0.6 is 36.2 Å². The van der Waals surface area contributed by atoms with Gasteiger partial charge in [0.25, 0.3) is 0 Å². The van der Waals surface area contributed by atoms with Crippen LogP contribution in [0.15, 0.2) is 17.0 Å². The molecule has 0 unspecified atom stereocenters. The largest absolute Gasteiger partial charge is 0.507 e. The summed E-state index contributed by atoms with van der Waals surface area (Å²) in [7, 11) is 0. The van der Waals surface area contributed by atoms with Gasteiger partial charge in [0.05, 0.1) is 0 Å². The minimum atomic E-state index is 0.349. The summed E-state index contributed by atoms with van der Waals surface area (Å²) in [5, 5.41) is 12.6. The molecule has 1 aromatic rings. The Kier molecular flexibility index (Phi) is 3.51. The van der Waals surface area contributed by atoms with Crippen molar-refractivity contribution < 1.29 is 5.11 Å². The lowest BCUT2D eigenvalue weighted by Crippen LogP contribution is -2.15. The molecule has 1 aromatic carbocycles. The van der Waals surface area contributed by atoms with Gasteiger partial charge in [-0.1, -0.05) is 36.2 Å². The fourth-order valence-electron chi connectivity index (χ4n) is 1.65. The molecule has 2 rings (SSSR count). The highest BCUT2D eigenvalue weighted by Gasteiger charge is 2.18. The highest BCUT2D eigenvalue weighted by atomic mass is 32.2. The molecular weight excluding hydrogens is 270 g/mol. The van der Waals surface area contributed by atoms with E-state index in [2.05, 4.69) is 5.32 Å². The average Bonchev–Trinajstić information content (AvgIpc) is 2.54. The van der Waals surface area contributed by atoms with E-state index < -0.39 is 0 Å². The van der Waals surface area contributed by atoms with Crippen molar-refractivity contribution in [2.75, 3.05) is 0 Å². The maximum Gasteiger partial charge on any atom is 0.143 e. The molecule has 0 radical (unpaired) electrons. The van der Waals surface area contributed by atoms with Crippen LogP contribution in [-0.2, 0) is 0 Å². The molecule has 0 amide bonds. The standard InChI is InChI=1S/C12H11NOS3/c1-6-3-8(4-7(2)10(6)14)5-9-11(15)13-12(16)17-9/h3-5,14H,1-2H3,(H,13,15,16)/b9-5-. The zero-order valence-corrected chi connectivity index (χ0v) is 11.9. The summed E-state index contributed by atoms with van der Waals surface area (Å²) in [6.07, 6.45) is 1.98. The number of hydrogen-bond acceptors (Lipinski definition) is 4. The molecule has 88 valence electrons. The Morgan fingerprint density at radius 2 is 1.82 bits per heavy atom. The predicted molar refractivity (Wildman–Crippen MR) is 81.5 cm³/mol. The number of hydrogen-bond donors (Lipinski definition) is 2. The summed E-state index contributed by atoms with van der Waals surface area (Å²) in [5.41, 5.74) is 2.75. The Morgan fingerprint density at radius 3 is 2.29 bits per heavy atom. The molecule has 1 fully saturated rings. The number of thiocarbonyl (C=S) groups is 2. The van der Waals surface area contributed by atoms with Gasteiger partial charge in [0.2, 0.25) is 0 Å². The molecule has 1 heterocycles. The number of rotatable bonds is 1. The maximum atomic E-state index is 9.70. The van der Waals surface area contributed by atoms with E-state index in [1.54, 1.807) is 0 Å². The molecule has 2 nitrogen and oxygen atoms in total. The number of nitrogens with one attached hydrogen (secondary N) is 1. The van der Waals surface area contributed by atoms with E-state index in [-0.39, 0.29) is 0 Å². The van der Waals surface area contributed by atoms with Crippen molar-refractivity contribution in [3.63, 3.8) is 0 Å². The van der Waals surface area contributed by atoms with E-state index in [0.717, 1.165) is 21.6 Å². The minimum Gasteiger partial charge on any atom is -0.507 e. The third kappa shape index (κ3) is 2.68. The van der Waals surface area contributed by atoms with Crippen LogP contribution in [0.2, 0.25) is 0 Å². The second kappa shape index (κ2) is 4.76. The summed E-state index contributed by atoms with van der Waals surface area (Å²) in [6.45, 7) is 3.76. The Bertz CT molecular complexity index is 526. The molecule has 0 aromatic heterocycles. The Labute approximate surface area is 115 Å². The van der Waals surface area contributed by atoms with E-state index in [1.165, 1.54) is 11.8 Å². The van der Waals surface area contributed by atoms with Gasteiger partial charge in [-0.05, 0) is 48.7 Å². The van der Waals surface area contributed by atoms with Gasteiger partial charge >= 0.3 is 0 Å². The minimum absolute atomic E-state index is 0.349. The number of aromatic hydroxyl groups is 1. The van der Waals surface area contributed by atoms with Crippen molar-refractivity contribution in [3.05, 3.63) is 33.7 Å². The van der Waals surface area contributed by atoms with Gasteiger partial charge in [0.1, 0.15) is 15.1 Å². The molecule has 2 N–H and O–H groups in total. The normalized spacial score (nSPS) is 17.6. The number of thioether (sulfide) groups is 1. The van der Waals surface area contributed by atoms with Crippen LogP contribution in [0.5, 0.6) is 5.75 Å². The fourth-order valence-corrected chi connectivity index (χ4v) is 3.12. The zero-order chi connectivity index (χ0) is 12.6. The van der Waals surface area contributed by atoms with Gasteiger partial charge in [0, 0.05) is 4.91 Å².